The van der Waals surface area contributed by atoms with Crippen molar-refractivity contribution in [1.29, 1.82) is 0 Å². The molecule has 0 aromatic carbocycles. The zero-order valence-corrected chi connectivity index (χ0v) is 10.0. The molecule has 0 bridgehead atoms. The first-order valence-corrected chi connectivity index (χ1v) is 6.02. The van der Waals surface area contributed by atoms with Crippen LogP contribution in [0, 0.1) is 23.7 Å². The summed E-state index contributed by atoms with van der Waals surface area (Å²) in [6.07, 6.45) is 4.04. The second-order valence-corrected chi connectivity index (χ2v) is 5.58. The molecule has 1 rings (SSSR count). The van der Waals surface area contributed by atoms with Crippen LogP contribution in [0.3, 0.4) is 0 Å². The third kappa shape index (κ3) is 3.11. The molecule has 0 saturated heterocycles. The number of ketones is 1. The Morgan fingerprint density at radius 1 is 1.29 bits per heavy atom. The molecule has 1 heteroatoms. The molecule has 1 nitrogen and oxygen atoms in total. The van der Waals surface area contributed by atoms with Crippen LogP contribution in [-0.2, 0) is 4.79 Å². The van der Waals surface area contributed by atoms with E-state index in [9.17, 15) is 4.79 Å². The predicted molar refractivity (Wildman–Crippen MR) is 60.1 cm³/mol. The third-order valence-corrected chi connectivity index (χ3v) is 3.48. The van der Waals surface area contributed by atoms with Crippen molar-refractivity contribution in [2.45, 2.75) is 53.4 Å². The van der Waals surface area contributed by atoms with Crippen LogP contribution in [-0.4, -0.2) is 5.78 Å². The van der Waals surface area contributed by atoms with Gasteiger partial charge in [-0.15, -0.1) is 0 Å². The van der Waals surface area contributed by atoms with E-state index in [0.717, 1.165) is 37.0 Å². The van der Waals surface area contributed by atoms with Crippen LogP contribution in [0.15, 0.2) is 0 Å². The summed E-state index contributed by atoms with van der Waals surface area (Å²) in [6.45, 7) is 9.12. The Hall–Kier alpha value is -0.330. The molecule has 0 N–H and O–H groups in total. The minimum Gasteiger partial charge on any atom is -0.300 e. The van der Waals surface area contributed by atoms with E-state index in [1.54, 1.807) is 0 Å². The molecule has 0 aromatic rings. The van der Waals surface area contributed by atoms with Crippen molar-refractivity contribution >= 4 is 5.78 Å². The van der Waals surface area contributed by atoms with Gasteiger partial charge in [-0.3, -0.25) is 4.79 Å². The zero-order valence-electron chi connectivity index (χ0n) is 10.0. The van der Waals surface area contributed by atoms with Crippen molar-refractivity contribution < 1.29 is 4.79 Å². The normalized spacial score (nSPS) is 28.9. The number of carbonyl (C=O) groups is 1. The summed E-state index contributed by atoms with van der Waals surface area (Å²) >= 11 is 0. The molecule has 0 aliphatic heterocycles. The lowest BCUT2D eigenvalue weighted by molar-refractivity contribution is -0.123. The molecule has 1 aliphatic carbocycles. The molecule has 0 amide bonds. The van der Waals surface area contributed by atoms with Gasteiger partial charge in [-0.1, -0.05) is 27.7 Å². The maximum atomic E-state index is 11.4. The van der Waals surface area contributed by atoms with Crippen molar-refractivity contribution in [3.8, 4) is 0 Å². The molecule has 0 aromatic heterocycles. The van der Waals surface area contributed by atoms with Gasteiger partial charge in [-0.2, -0.15) is 0 Å². The van der Waals surface area contributed by atoms with Gasteiger partial charge >= 0.3 is 0 Å². The van der Waals surface area contributed by atoms with Crippen LogP contribution in [0.25, 0.3) is 0 Å². The summed E-state index contributed by atoms with van der Waals surface area (Å²) in [5, 5.41) is 0. The molecule has 0 radical (unpaired) electrons. The molecule has 2 unspecified atom stereocenters. The fraction of sp³-hybridized carbons (Fsp3) is 0.923. The minimum atomic E-state index is 0.493. The highest BCUT2D eigenvalue weighted by Gasteiger charge is 2.31. The van der Waals surface area contributed by atoms with Crippen LogP contribution in [0.4, 0.5) is 0 Å². The quantitative estimate of drug-likeness (QED) is 0.673. The lowest BCUT2D eigenvalue weighted by atomic mass is 9.70. The first-order chi connectivity index (χ1) is 6.50. The summed E-state index contributed by atoms with van der Waals surface area (Å²) in [5.74, 6) is 3.41. The van der Waals surface area contributed by atoms with E-state index in [4.69, 9.17) is 0 Å². The van der Waals surface area contributed by atoms with E-state index < -0.39 is 0 Å². The van der Waals surface area contributed by atoms with Gasteiger partial charge in [0.25, 0.3) is 0 Å². The minimum absolute atomic E-state index is 0.493. The van der Waals surface area contributed by atoms with Gasteiger partial charge in [-0.05, 0) is 36.5 Å². The average Bonchev–Trinajstić information content (AvgIpc) is 2.01. The van der Waals surface area contributed by atoms with Crippen molar-refractivity contribution in [2.24, 2.45) is 23.7 Å². The summed E-state index contributed by atoms with van der Waals surface area (Å²) < 4.78 is 0. The largest absolute Gasteiger partial charge is 0.300 e. The van der Waals surface area contributed by atoms with Crippen molar-refractivity contribution in [1.82, 2.24) is 0 Å². The summed E-state index contributed by atoms with van der Waals surface area (Å²) in [5.41, 5.74) is 0. The number of hydrogen-bond acceptors (Lipinski definition) is 1. The van der Waals surface area contributed by atoms with Crippen LogP contribution in [0.1, 0.15) is 53.4 Å². The van der Waals surface area contributed by atoms with Gasteiger partial charge in [0.05, 0.1) is 0 Å². The number of Topliss-reactive ketones (excluding diaryl/α,β-unsaturated/α-hetero) is 1. The van der Waals surface area contributed by atoms with Crippen molar-refractivity contribution in [3.63, 3.8) is 0 Å². The van der Waals surface area contributed by atoms with Gasteiger partial charge in [-0.25, -0.2) is 0 Å². The van der Waals surface area contributed by atoms with Gasteiger partial charge in [0.1, 0.15) is 5.78 Å². The van der Waals surface area contributed by atoms with Crippen molar-refractivity contribution in [2.75, 3.05) is 0 Å². The number of hydrogen-bond donors (Lipinski definition) is 0. The summed E-state index contributed by atoms with van der Waals surface area (Å²) in [7, 11) is 0. The molecular weight excluding hydrogens is 172 g/mol. The standard InChI is InChI=1S/C13H24O/c1-9(2)7-11-8-12(14)5-6-13(11)10(3)4/h9-11,13H,5-8H2,1-4H3. The van der Waals surface area contributed by atoms with Crippen LogP contribution >= 0.6 is 0 Å². The highest BCUT2D eigenvalue weighted by atomic mass is 16.1. The van der Waals surface area contributed by atoms with E-state index in [1.807, 2.05) is 0 Å². The molecule has 0 spiro atoms. The molecular formula is C13H24O. The molecule has 1 aliphatic rings. The molecule has 14 heavy (non-hydrogen) atoms. The Kier molecular flexibility index (Phi) is 4.15. The number of rotatable bonds is 3. The van der Waals surface area contributed by atoms with Gasteiger partial charge in [0.15, 0.2) is 0 Å². The predicted octanol–water partition coefficient (Wildman–Crippen LogP) is 3.67. The Morgan fingerprint density at radius 3 is 2.43 bits per heavy atom. The number of carbonyl (C=O) groups excluding carboxylic acids is 1. The maximum Gasteiger partial charge on any atom is 0.133 e. The highest BCUT2D eigenvalue weighted by molar-refractivity contribution is 5.79. The zero-order chi connectivity index (χ0) is 10.7. The monoisotopic (exact) mass is 196 g/mol. The Morgan fingerprint density at radius 2 is 1.93 bits per heavy atom. The van der Waals surface area contributed by atoms with E-state index >= 15 is 0 Å². The topological polar surface area (TPSA) is 17.1 Å². The first kappa shape index (κ1) is 11.7. The average molecular weight is 196 g/mol. The maximum absolute atomic E-state index is 11.4. The second kappa shape index (κ2) is 4.95. The highest BCUT2D eigenvalue weighted by Crippen LogP contribution is 2.37. The van der Waals surface area contributed by atoms with Gasteiger partial charge in [0, 0.05) is 12.8 Å². The lowest BCUT2D eigenvalue weighted by Crippen LogP contribution is -2.29. The van der Waals surface area contributed by atoms with Crippen molar-refractivity contribution in [3.05, 3.63) is 0 Å². The smallest absolute Gasteiger partial charge is 0.133 e. The molecule has 1 saturated carbocycles. The van der Waals surface area contributed by atoms with E-state index in [2.05, 4.69) is 27.7 Å². The van der Waals surface area contributed by atoms with E-state index in [-0.39, 0.29) is 0 Å². The fourth-order valence-corrected chi connectivity index (χ4v) is 2.85. The Labute approximate surface area is 88.3 Å². The van der Waals surface area contributed by atoms with Crippen LogP contribution in [0.5, 0.6) is 0 Å². The fourth-order valence-electron chi connectivity index (χ4n) is 2.85. The first-order valence-electron chi connectivity index (χ1n) is 6.02. The molecule has 0 heterocycles. The summed E-state index contributed by atoms with van der Waals surface area (Å²) in [6, 6.07) is 0. The van der Waals surface area contributed by atoms with Crippen LogP contribution in [0.2, 0.25) is 0 Å². The van der Waals surface area contributed by atoms with E-state index in [0.29, 0.717) is 11.7 Å². The molecule has 2 atom stereocenters. The summed E-state index contributed by atoms with van der Waals surface area (Å²) in [4.78, 5) is 11.4. The van der Waals surface area contributed by atoms with E-state index in [1.165, 1.54) is 6.42 Å². The third-order valence-electron chi connectivity index (χ3n) is 3.48. The molecule has 1 fully saturated rings. The Bertz CT molecular complexity index is 193. The SMILES string of the molecule is CC(C)CC1CC(=O)CCC1C(C)C. The Balaban J connectivity index is 2.58. The van der Waals surface area contributed by atoms with Crippen LogP contribution < -0.4 is 0 Å². The van der Waals surface area contributed by atoms with Gasteiger partial charge in [0.2, 0.25) is 0 Å². The lowest BCUT2D eigenvalue weighted by Gasteiger charge is -2.34. The molecule has 82 valence electrons. The van der Waals surface area contributed by atoms with Gasteiger partial charge < -0.3 is 0 Å². The second-order valence-electron chi connectivity index (χ2n) is 5.58.